The Morgan fingerprint density at radius 3 is 3.08 bits per heavy atom. The normalized spacial score (nSPS) is 10.0. The number of thiocarbonyl (C=S) groups is 1. The van der Waals surface area contributed by atoms with E-state index in [0.717, 1.165) is 10.9 Å². The molecule has 0 aliphatic heterocycles. The van der Waals surface area contributed by atoms with E-state index in [4.69, 9.17) is 0 Å². The van der Waals surface area contributed by atoms with Crippen LogP contribution in [0.5, 0.6) is 0 Å². The summed E-state index contributed by atoms with van der Waals surface area (Å²) in [7, 11) is 0. The summed E-state index contributed by atoms with van der Waals surface area (Å²) in [6.45, 7) is 0. The Hall–Kier alpha value is -1.42. The SMILES string of the molecule is S=CNn1ncc2ccccc21. The largest absolute Gasteiger partial charge is 0.274 e. The smallest absolute Gasteiger partial charge is 0.0922 e. The predicted molar refractivity (Wildman–Crippen MR) is 52.7 cm³/mol. The number of hydrogen-bond donors (Lipinski definition) is 1. The molecule has 0 aliphatic rings. The monoisotopic (exact) mass is 177 g/mol. The average molecular weight is 177 g/mol. The Morgan fingerprint density at radius 1 is 1.42 bits per heavy atom. The summed E-state index contributed by atoms with van der Waals surface area (Å²) in [5, 5.41) is 5.19. The molecule has 2 rings (SSSR count). The lowest BCUT2D eigenvalue weighted by molar-refractivity contribution is 0.853. The maximum Gasteiger partial charge on any atom is 0.0922 e. The quantitative estimate of drug-likeness (QED) is 0.706. The number of nitrogens with one attached hydrogen (secondary N) is 1. The van der Waals surface area contributed by atoms with E-state index in [1.807, 2.05) is 24.3 Å². The maximum absolute atomic E-state index is 4.67. The minimum Gasteiger partial charge on any atom is -0.274 e. The van der Waals surface area contributed by atoms with Gasteiger partial charge in [0, 0.05) is 5.39 Å². The zero-order valence-electron chi connectivity index (χ0n) is 6.27. The highest BCUT2D eigenvalue weighted by atomic mass is 32.1. The van der Waals surface area contributed by atoms with E-state index in [1.54, 1.807) is 11.0 Å². The molecule has 1 aromatic carbocycles. The summed E-state index contributed by atoms with van der Waals surface area (Å²) in [4.78, 5) is 1.64. The van der Waals surface area contributed by atoms with Crippen molar-refractivity contribution in [2.45, 2.75) is 0 Å². The number of hydrogen-bond acceptors (Lipinski definition) is 2. The van der Waals surface area contributed by atoms with E-state index < -0.39 is 0 Å². The highest BCUT2D eigenvalue weighted by molar-refractivity contribution is 7.79. The maximum atomic E-state index is 4.67. The molecule has 60 valence electrons. The summed E-state index contributed by atoms with van der Waals surface area (Å²) in [5.41, 5.74) is 5.28. The van der Waals surface area contributed by atoms with Crippen LogP contribution in [0.25, 0.3) is 10.9 Å². The lowest BCUT2D eigenvalue weighted by Gasteiger charge is -1.98. The number of para-hydroxylation sites is 1. The second kappa shape index (κ2) is 2.91. The summed E-state index contributed by atoms with van der Waals surface area (Å²) in [6.07, 6.45) is 1.79. The molecule has 3 nitrogen and oxygen atoms in total. The summed E-state index contributed by atoms with van der Waals surface area (Å²) in [6, 6.07) is 7.93. The Bertz CT molecular complexity index is 407. The van der Waals surface area contributed by atoms with E-state index in [2.05, 4.69) is 22.7 Å². The van der Waals surface area contributed by atoms with Crippen LogP contribution in [0.1, 0.15) is 0 Å². The van der Waals surface area contributed by atoms with Gasteiger partial charge in [-0.25, -0.2) is 0 Å². The molecule has 0 amide bonds. The fourth-order valence-electron chi connectivity index (χ4n) is 1.12. The molecule has 0 saturated heterocycles. The van der Waals surface area contributed by atoms with Crippen molar-refractivity contribution in [1.29, 1.82) is 0 Å². The van der Waals surface area contributed by atoms with Crippen LogP contribution in [0, 0.1) is 0 Å². The zero-order chi connectivity index (χ0) is 8.39. The molecule has 2 aromatic rings. The van der Waals surface area contributed by atoms with Crippen molar-refractivity contribution in [2.75, 3.05) is 5.43 Å². The molecule has 0 radical (unpaired) electrons. The molecule has 0 atom stereocenters. The molecule has 12 heavy (non-hydrogen) atoms. The Labute approximate surface area is 75.0 Å². The Kier molecular flexibility index (Phi) is 1.75. The second-order valence-corrected chi connectivity index (χ2v) is 2.60. The molecule has 0 saturated carbocycles. The van der Waals surface area contributed by atoms with Gasteiger partial charge in [-0.05, 0) is 6.07 Å². The van der Waals surface area contributed by atoms with Crippen molar-refractivity contribution in [1.82, 2.24) is 9.89 Å². The minimum atomic E-state index is 1.03. The van der Waals surface area contributed by atoms with Gasteiger partial charge in [-0.2, -0.15) is 9.89 Å². The van der Waals surface area contributed by atoms with Crippen LogP contribution in [0.4, 0.5) is 0 Å². The lowest BCUT2D eigenvalue weighted by Crippen LogP contribution is -2.12. The van der Waals surface area contributed by atoms with E-state index in [1.165, 1.54) is 5.49 Å². The first kappa shape index (κ1) is 7.24. The second-order valence-electron chi connectivity index (χ2n) is 2.36. The van der Waals surface area contributed by atoms with Gasteiger partial charge in [-0.3, -0.25) is 5.43 Å². The van der Waals surface area contributed by atoms with Gasteiger partial charge in [0.1, 0.15) is 0 Å². The first-order chi connectivity index (χ1) is 5.92. The molecule has 1 N–H and O–H groups in total. The van der Waals surface area contributed by atoms with Crippen LogP contribution in [0.2, 0.25) is 0 Å². The van der Waals surface area contributed by atoms with E-state index >= 15 is 0 Å². The van der Waals surface area contributed by atoms with Gasteiger partial charge in [-0.15, -0.1) is 0 Å². The molecular weight excluding hydrogens is 170 g/mol. The molecule has 4 heteroatoms. The van der Waals surface area contributed by atoms with Crippen LogP contribution in [0.15, 0.2) is 30.5 Å². The third kappa shape index (κ3) is 1.06. The molecule has 1 aromatic heterocycles. The number of fused-ring (bicyclic) bond motifs is 1. The fourth-order valence-corrected chi connectivity index (χ4v) is 1.22. The van der Waals surface area contributed by atoms with Crippen LogP contribution in [-0.4, -0.2) is 15.4 Å². The van der Waals surface area contributed by atoms with Crippen molar-refractivity contribution in [2.24, 2.45) is 0 Å². The molecule has 0 aliphatic carbocycles. The summed E-state index contributed by atoms with van der Waals surface area (Å²) in [5.74, 6) is 0. The van der Waals surface area contributed by atoms with Crippen molar-refractivity contribution in [3.63, 3.8) is 0 Å². The van der Waals surface area contributed by atoms with Crippen molar-refractivity contribution < 1.29 is 0 Å². The van der Waals surface area contributed by atoms with E-state index in [-0.39, 0.29) is 0 Å². The number of aromatic nitrogens is 2. The summed E-state index contributed by atoms with van der Waals surface area (Å²) >= 11 is 4.67. The van der Waals surface area contributed by atoms with Crippen molar-refractivity contribution >= 4 is 28.6 Å². The number of rotatable bonds is 2. The highest BCUT2D eigenvalue weighted by Crippen LogP contribution is 2.10. The third-order valence-electron chi connectivity index (χ3n) is 1.65. The van der Waals surface area contributed by atoms with Crippen LogP contribution in [0.3, 0.4) is 0 Å². The molecule has 0 fully saturated rings. The predicted octanol–water partition coefficient (Wildman–Crippen LogP) is 1.54. The first-order valence-corrected chi connectivity index (χ1v) is 4.02. The highest BCUT2D eigenvalue weighted by Gasteiger charge is 1.97. The zero-order valence-corrected chi connectivity index (χ0v) is 7.08. The van der Waals surface area contributed by atoms with Gasteiger partial charge < -0.3 is 0 Å². The fraction of sp³-hybridized carbons (Fsp3) is 0. The summed E-state index contributed by atoms with van der Waals surface area (Å²) < 4.78 is 0. The number of benzene rings is 1. The van der Waals surface area contributed by atoms with Crippen molar-refractivity contribution in [3.05, 3.63) is 30.5 Å². The molecule has 0 unspecified atom stereocenters. The minimum absolute atomic E-state index is 1.03. The average Bonchev–Trinajstić information content (AvgIpc) is 2.50. The van der Waals surface area contributed by atoms with Crippen LogP contribution >= 0.6 is 12.2 Å². The van der Waals surface area contributed by atoms with Crippen LogP contribution < -0.4 is 5.43 Å². The molecule has 0 spiro atoms. The van der Waals surface area contributed by atoms with Gasteiger partial charge in [0.05, 0.1) is 17.2 Å². The molecule has 1 heterocycles. The molecule has 0 bridgehead atoms. The van der Waals surface area contributed by atoms with E-state index in [9.17, 15) is 0 Å². The van der Waals surface area contributed by atoms with Gasteiger partial charge in [0.15, 0.2) is 0 Å². The van der Waals surface area contributed by atoms with Gasteiger partial charge in [0.25, 0.3) is 0 Å². The van der Waals surface area contributed by atoms with Crippen LogP contribution in [-0.2, 0) is 0 Å². The van der Waals surface area contributed by atoms with Gasteiger partial charge in [-0.1, -0.05) is 30.4 Å². The van der Waals surface area contributed by atoms with Gasteiger partial charge >= 0.3 is 0 Å². The lowest BCUT2D eigenvalue weighted by atomic mass is 10.3. The number of nitrogens with zero attached hydrogens (tertiary/aromatic N) is 2. The standard InChI is InChI=1S/C8H7N3S/c12-6-10-11-8-4-2-1-3-7(8)5-9-11/h1-6H,(H,10,12). The van der Waals surface area contributed by atoms with Gasteiger partial charge in [0.2, 0.25) is 0 Å². The Morgan fingerprint density at radius 2 is 2.25 bits per heavy atom. The third-order valence-corrected chi connectivity index (χ3v) is 1.76. The first-order valence-electron chi connectivity index (χ1n) is 3.55. The molecular formula is C8H7N3S. The van der Waals surface area contributed by atoms with E-state index in [0.29, 0.717) is 0 Å². The Balaban J connectivity index is 2.62. The van der Waals surface area contributed by atoms with Crippen molar-refractivity contribution in [3.8, 4) is 0 Å². The topological polar surface area (TPSA) is 29.9 Å².